The number of aliphatic carboxylic acids is 1. The second-order valence-corrected chi connectivity index (χ2v) is 9.34. The molecule has 3 aromatic carbocycles. The van der Waals surface area contributed by atoms with E-state index in [1.54, 1.807) is 5.01 Å². The van der Waals surface area contributed by atoms with E-state index < -0.39 is 23.3 Å². The number of hydrogen-bond donors (Lipinski definition) is 1. The molecule has 0 saturated carbocycles. The lowest BCUT2D eigenvalue weighted by molar-refractivity contribution is -0.145. The molecule has 1 aliphatic rings. The molecule has 0 aliphatic carbocycles. The molecule has 34 heavy (non-hydrogen) atoms. The van der Waals surface area contributed by atoms with Crippen LogP contribution in [0.1, 0.15) is 12.5 Å². The molecule has 0 radical (unpaired) electrons. The van der Waals surface area contributed by atoms with Crippen molar-refractivity contribution in [1.29, 1.82) is 0 Å². The van der Waals surface area contributed by atoms with Gasteiger partial charge in [0.15, 0.2) is 0 Å². The highest BCUT2D eigenvalue weighted by molar-refractivity contribution is 7.76. The number of hydrogen-bond acceptors (Lipinski definition) is 6. The van der Waals surface area contributed by atoms with Crippen molar-refractivity contribution in [3.63, 3.8) is 0 Å². The van der Waals surface area contributed by atoms with E-state index in [2.05, 4.69) is 77.5 Å². The van der Waals surface area contributed by atoms with Gasteiger partial charge < -0.3 is 19.5 Å². The maximum atomic E-state index is 11.6. The number of rotatable bonds is 8. The first kappa shape index (κ1) is 24.2. The van der Waals surface area contributed by atoms with Gasteiger partial charge in [0.25, 0.3) is 0 Å². The highest BCUT2D eigenvalue weighted by atomic mass is 32.2. The van der Waals surface area contributed by atoms with Gasteiger partial charge in [0, 0.05) is 62.4 Å². The van der Waals surface area contributed by atoms with Crippen LogP contribution < -0.4 is 9.80 Å². The summed E-state index contributed by atoms with van der Waals surface area (Å²) in [7, 11) is 2.07. The summed E-state index contributed by atoms with van der Waals surface area (Å²) in [5.41, 5.74) is 3.42. The Bertz CT molecular complexity index is 1170. The Hall–Kier alpha value is -2.98. The van der Waals surface area contributed by atoms with Crippen molar-refractivity contribution in [2.45, 2.75) is 19.5 Å². The van der Waals surface area contributed by atoms with Gasteiger partial charge in [-0.2, -0.15) is 4.41 Å². The Labute approximate surface area is 202 Å². The van der Waals surface area contributed by atoms with Gasteiger partial charge >= 0.3 is 5.97 Å². The molecule has 1 fully saturated rings. The van der Waals surface area contributed by atoms with E-state index >= 15 is 0 Å². The topological polar surface area (TPSA) is 90.4 Å². The molecule has 180 valence electrons. The van der Waals surface area contributed by atoms with Gasteiger partial charge in [0.1, 0.15) is 6.04 Å². The van der Waals surface area contributed by atoms with Gasteiger partial charge in [-0.1, -0.05) is 36.4 Å². The molecule has 9 heteroatoms. The standard InChI is InChI=1S/C25H30N4O4S/c1-19(25(30)31)29(34(32)33)28-15-13-27(14-16-28)24-11-9-23(10-12-24)26(2)18-20-7-8-21-5-3-4-6-22(21)17-20/h3-12,17,19H,13-16,18H2,1-2H3,(H,30,31)(H,32,33)/p-1. The SMILES string of the molecule is CC(C(=O)O)N(N1CCN(c2ccc(N(C)Cc3ccc4ccccc4c3)cc2)CC1)S(=O)[O-]. The Morgan fingerprint density at radius 1 is 1.03 bits per heavy atom. The van der Waals surface area contributed by atoms with E-state index in [1.165, 1.54) is 23.3 Å². The minimum absolute atomic E-state index is 0.426. The first-order chi connectivity index (χ1) is 16.3. The van der Waals surface area contributed by atoms with Crippen molar-refractivity contribution >= 4 is 39.4 Å². The summed E-state index contributed by atoms with van der Waals surface area (Å²) in [4.78, 5) is 15.7. The van der Waals surface area contributed by atoms with Gasteiger partial charge in [0.05, 0.1) is 0 Å². The molecule has 2 unspecified atom stereocenters. The van der Waals surface area contributed by atoms with Crippen LogP contribution in [0.2, 0.25) is 0 Å². The number of fused-ring (bicyclic) bond motifs is 1. The van der Waals surface area contributed by atoms with Crippen molar-refractivity contribution in [3.8, 4) is 0 Å². The molecule has 1 N–H and O–H groups in total. The molecule has 1 aliphatic heterocycles. The number of carbonyl (C=O) groups is 1. The van der Waals surface area contributed by atoms with Crippen LogP contribution in [0.25, 0.3) is 10.8 Å². The lowest BCUT2D eigenvalue weighted by Gasteiger charge is -2.43. The molecule has 4 rings (SSSR count). The van der Waals surface area contributed by atoms with E-state index in [0.717, 1.165) is 22.3 Å². The minimum atomic E-state index is -2.64. The molecule has 3 aromatic rings. The fourth-order valence-corrected chi connectivity index (χ4v) is 5.03. The van der Waals surface area contributed by atoms with Crippen molar-refractivity contribution in [1.82, 2.24) is 9.42 Å². The lowest BCUT2D eigenvalue weighted by atomic mass is 10.1. The van der Waals surface area contributed by atoms with Gasteiger partial charge in [-0.15, -0.1) is 0 Å². The van der Waals surface area contributed by atoms with Crippen molar-refractivity contribution in [2.75, 3.05) is 43.0 Å². The van der Waals surface area contributed by atoms with E-state index in [9.17, 15) is 18.7 Å². The average Bonchev–Trinajstić information content (AvgIpc) is 2.84. The molecule has 1 saturated heterocycles. The smallest absolute Gasteiger partial charge is 0.323 e. The van der Waals surface area contributed by atoms with Crippen LogP contribution in [-0.2, 0) is 22.6 Å². The monoisotopic (exact) mass is 481 g/mol. The molecule has 0 bridgehead atoms. The van der Waals surface area contributed by atoms with Gasteiger partial charge in [-0.05, 0) is 53.6 Å². The summed E-state index contributed by atoms with van der Waals surface area (Å²) in [6, 6.07) is 22.1. The number of piperazine rings is 1. The fourth-order valence-electron chi connectivity index (χ4n) is 4.33. The summed E-state index contributed by atoms with van der Waals surface area (Å²) in [5.74, 6) is -1.17. The summed E-state index contributed by atoms with van der Waals surface area (Å²) >= 11 is -2.64. The molecular formula is C25H29N4O4S-. The van der Waals surface area contributed by atoms with Crippen LogP contribution >= 0.6 is 0 Å². The van der Waals surface area contributed by atoms with Crippen LogP contribution in [0, 0.1) is 0 Å². The number of carboxylic acids is 1. The van der Waals surface area contributed by atoms with Crippen molar-refractivity contribution in [3.05, 3.63) is 72.3 Å². The van der Waals surface area contributed by atoms with E-state index in [1.807, 2.05) is 6.07 Å². The highest BCUT2D eigenvalue weighted by Gasteiger charge is 2.30. The number of hydrazine groups is 1. The highest BCUT2D eigenvalue weighted by Crippen LogP contribution is 2.24. The second-order valence-electron chi connectivity index (χ2n) is 8.53. The summed E-state index contributed by atoms with van der Waals surface area (Å²) in [6.45, 7) is 4.23. The number of benzene rings is 3. The van der Waals surface area contributed by atoms with Crippen LogP contribution in [0.5, 0.6) is 0 Å². The maximum Gasteiger partial charge on any atom is 0.323 e. The van der Waals surface area contributed by atoms with Crippen LogP contribution in [0.3, 0.4) is 0 Å². The summed E-state index contributed by atoms with van der Waals surface area (Å²) in [5, 5.41) is 13.3. The Morgan fingerprint density at radius 3 is 2.29 bits per heavy atom. The molecular weight excluding hydrogens is 452 g/mol. The predicted octanol–water partition coefficient (Wildman–Crippen LogP) is 3.08. The third kappa shape index (κ3) is 5.39. The molecule has 2 atom stereocenters. The number of anilines is 2. The average molecular weight is 482 g/mol. The zero-order chi connectivity index (χ0) is 24.2. The minimum Gasteiger partial charge on any atom is -0.759 e. The Kier molecular flexibility index (Phi) is 7.47. The zero-order valence-electron chi connectivity index (χ0n) is 19.3. The van der Waals surface area contributed by atoms with Crippen molar-refractivity contribution in [2.24, 2.45) is 0 Å². The summed E-state index contributed by atoms with van der Waals surface area (Å²) < 4.78 is 24.1. The Balaban J connectivity index is 1.37. The fraction of sp³-hybridized carbons (Fsp3) is 0.320. The van der Waals surface area contributed by atoms with Crippen molar-refractivity contribution < 1.29 is 18.7 Å². The van der Waals surface area contributed by atoms with Crippen LogP contribution in [0.15, 0.2) is 66.7 Å². The largest absolute Gasteiger partial charge is 0.759 e. The quantitative estimate of drug-likeness (QED) is 0.495. The molecule has 0 amide bonds. The third-order valence-electron chi connectivity index (χ3n) is 6.27. The van der Waals surface area contributed by atoms with E-state index in [4.69, 9.17) is 0 Å². The summed E-state index contributed by atoms with van der Waals surface area (Å²) in [6.07, 6.45) is 0. The first-order valence-electron chi connectivity index (χ1n) is 11.2. The van der Waals surface area contributed by atoms with E-state index in [0.29, 0.717) is 26.2 Å². The number of carboxylic acid groups (broad SMARTS) is 1. The first-order valence-corrected chi connectivity index (χ1v) is 12.3. The third-order valence-corrected chi connectivity index (χ3v) is 7.12. The second kappa shape index (κ2) is 10.5. The van der Waals surface area contributed by atoms with E-state index in [-0.39, 0.29) is 0 Å². The van der Waals surface area contributed by atoms with Gasteiger partial charge in [-0.3, -0.25) is 9.00 Å². The molecule has 1 heterocycles. The zero-order valence-corrected chi connectivity index (χ0v) is 20.1. The predicted molar refractivity (Wildman–Crippen MR) is 134 cm³/mol. The molecule has 0 spiro atoms. The van der Waals surface area contributed by atoms with Crippen LogP contribution in [0.4, 0.5) is 11.4 Å². The maximum absolute atomic E-state index is 11.6. The molecule has 8 nitrogen and oxygen atoms in total. The number of nitrogens with zero attached hydrogens (tertiary/aromatic N) is 4. The normalized spacial score (nSPS) is 16.5. The van der Waals surface area contributed by atoms with Crippen LogP contribution in [-0.4, -0.2) is 68.5 Å². The van der Waals surface area contributed by atoms with Gasteiger partial charge in [-0.25, -0.2) is 5.01 Å². The van der Waals surface area contributed by atoms with Gasteiger partial charge in [0.2, 0.25) is 0 Å². The lowest BCUT2D eigenvalue weighted by Crippen LogP contribution is -2.58. The Morgan fingerprint density at radius 2 is 1.68 bits per heavy atom. The molecule has 0 aromatic heterocycles.